The lowest BCUT2D eigenvalue weighted by molar-refractivity contribution is -0.120. The van der Waals surface area contributed by atoms with E-state index < -0.39 is 12.3 Å². The van der Waals surface area contributed by atoms with Crippen LogP contribution in [0.25, 0.3) is 0 Å². The summed E-state index contributed by atoms with van der Waals surface area (Å²) >= 11 is 0. The van der Waals surface area contributed by atoms with Crippen molar-refractivity contribution in [1.82, 2.24) is 30.4 Å². The molecule has 2 aromatic heterocycles. The SMILES string of the molecule is C=C(CCC(C)(C)c1[nH]c(=O)c(CC2CCC(F)CC2)cc1C)CN1C[C@@H](C)CCC1CCC[C@@H](CCCC)CC(=O)CCCCCCC(=C)NC1CCCN(CC(CCC(C)=O)CN[C@H](C)CC)C1.CCC(C)(C)c1[nH]c(=O)c(CC2CCC(F)CC2)cc1C. The van der Waals surface area contributed by atoms with Crippen molar-refractivity contribution in [3.63, 3.8) is 0 Å². The number of aromatic nitrogens is 2. The fourth-order valence-electron chi connectivity index (χ4n) is 15.5. The van der Waals surface area contributed by atoms with Crippen LogP contribution in [0.4, 0.5) is 8.78 Å². The van der Waals surface area contributed by atoms with Crippen molar-refractivity contribution in [3.05, 3.63) is 90.9 Å². The first-order chi connectivity index (χ1) is 43.3. The Kier molecular flexibility index (Phi) is 34.2. The lowest BCUT2D eigenvalue weighted by atomic mass is 9.79. The van der Waals surface area contributed by atoms with E-state index in [9.17, 15) is 28.0 Å². The number of carbonyl (C=O) groups excluding carboxylic acids is 2. The van der Waals surface area contributed by atoms with Crippen LogP contribution in [0.1, 0.15) is 302 Å². The predicted octanol–water partition coefficient (Wildman–Crippen LogP) is 18.1. The van der Waals surface area contributed by atoms with Gasteiger partial charge in [0.05, 0.1) is 0 Å². The number of H-pyrrole nitrogens is 2. The highest BCUT2D eigenvalue weighted by Crippen LogP contribution is 2.35. The number of aryl methyl sites for hydroxylation is 2. The van der Waals surface area contributed by atoms with E-state index in [2.05, 4.69) is 126 Å². The molecule has 2 saturated carbocycles. The molecule has 3 unspecified atom stereocenters. The van der Waals surface area contributed by atoms with Crippen LogP contribution in [0.2, 0.25) is 0 Å². The third-order valence-corrected chi connectivity index (χ3v) is 22.0. The lowest BCUT2D eigenvalue weighted by Gasteiger charge is -2.39. The average Bonchev–Trinajstić information content (AvgIpc) is 1.68. The van der Waals surface area contributed by atoms with Gasteiger partial charge in [-0.2, -0.15) is 0 Å². The number of alkyl halides is 2. The Morgan fingerprint density at radius 2 is 1.29 bits per heavy atom. The van der Waals surface area contributed by atoms with Gasteiger partial charge in [0.15, 0.2) is 0 Å². The summed E-state index contributed by atoms with van der Waals surface area (Å²) in [5, 5.41) is 7.47. The maximum Gasteiger partial charge on any atom is 0.251 e. The van der Waals surface area contributed by atoms with E-state index in [0.717, 1.165) is 201 Å². The molecule has 2 saturated heterocycles. The molecule has 10 nitrogen and oxygen atoms in total. The van der Waals surface area contributed by atoms with Gasteiger partial charge >= 0.3 is 0 Å². The number of hydrogen-bond acceptors (Lipinski definition) is 8. The third kappa shape index (κ3) is 28.2. The van der Waals surface area contributed by atoms with Crippen LogP contribution in [-0.2, 0) is 33.3 Å². The summed E-state index contributed by atoms with van der Waals surface area (Å²) in [6, 6.07) is 5.67. The van der Waals surface area contributed by atoms with Crippen molar-refractivity contribution in [2.75, 3.05) is 39.3 Å². The Hall–Kier alpha value is -3.74. The first-order valence-corrected chi connectivity index (χ1v) is 37.3. The van der Waals surface area contributed by atoms with E-state index in [4.69, 9.17) is 0 Å². The molecule has 518 valence electrons. The number of aromatic amines is 2. The minimum absolute atomic E-state index is 0.00589. The van der Waals surface area contributed by atoms with Crippen molar-refractivity contribution in [1.29, 1.82) is 0 Å². The first-order valence-electron chi connectivity index (χ1n) is 37.3. The average molecular weight is 1270 g/mol. The summed E-state index contributed by atoms with van der Waals surface area (Å²) in [4.78, 5) is 62.5. The van der Waals surface area contributed by atoms with Crippen LogP contribution in [0, 0.1) is 43.4 Å². The molecule has 0 spiro atoms. The molecular formula is C79H134F2N6O4. The largest absolute Gasteiger partial charge is 0.385 e. The van der Waals surface area contributed by atoms with Gasteiger partial charge in [-0.3, -0.25) is 19.3 Å². The Morgan fingerprint density at radius 1 is 0.703 bits per heavy atom. The Morgan fingerprint density at radius 3 is 1.86 bits per heavy atom. The highest BCUT2D eigenvalue weighted by Gasteiger charge is 2.31. The number of nitrogens with one attached hydrogen (secondary N) is 4. The maximum atomic E-state index is 13.7. The number of likely N-dealkylation sites (tertiary alicyclic amines) is 2. The Bertz CT molecular complexity index is 2610. The molecule has 0 bridgehead atoms. The molecule has 0 radical (unpaired) electrons. The van der Waals surface area contributed by atoms with Gasteiger partial charge in [-0.1, -0.05) is 113 Å². The number of rotatable bonds is 39. The molecule has 12 heteroatoms. The predicted molar refractivity (Wildman–Crippen MR) is 380 cm³/mol. The van der Waals surface area contributed by atoms with Gasteiger partial charge < -0.3 is 30.3 Å². The lowest BCUT2D eigenvalue weighted by Crippen LogP contribution is -2.48. The van der Waals surface area contributed by atoms with Crippen LogP contribution in [0.5, 0.6) is 0 Å². The fraction of sp³-hybridized carbons (Fsp3) is 0.797. The van der Waals surface area contributed by atoms with Gasteiger partial charge in [-0.15, -0.1) is 0 Å². The normalized spacial score (nSPS) is 23.0. The zero-order valence-corrected chi connectivity index (χ0v) is 60.2. The maximum absolute atomic E-state index is 13.7. The summed E-state index contributed by atoms with van der Waals surface area (Å²) in [6.45, 7) is 41.3. The highest BCUT2D eigenvalue weighted by atomic mass is 19.1. The van der Waals surface area contributed by atoms with E-state index in [1.807, 2.05) is 6.07 Å². The van der Waals surface area contributed by atoms with E-state index in [1.54, 1.807) is 6.92 Å². The van der Waals surface area contributed by atoms with Crippen molar-refractivity contribution < 1.29 is 18.4 Å². The second kappa shape index (κ2) is 40.0. The number of pyridine rings is 2. The van der Waals surface area contributed by atoms with Gasteiger partial charge in [-0.25, -0.2) is 8.78 Å². The Labute approximate surface area is 553 Å². The topological polar surface area (TPSA) is 130 Å². The summed E-state index contributed by atoms with van der Waals surface area (Å²) < 4.78 is 26.9. The van der Waals surface area contributed by atoms with Gasteiger partial charge in [-0.05, 0) is 248 Å². The van der Waals surface area contributed by atoms with Crippen molar-refractivity contribution in [3.8, 4) is 0 Å². The van der Waals surface area contributed by atoms with Gasteiger partial charge in [0, 0.05) is 103 Å². The molecule has 2 aliphatic heterocycles. The minimum atomic E-state index is -0.674. The van der Waals surface area contributed by atoms with Crippen LogP contribution in [-0.4, -0.2) is 101 Å². The summed E-state index contributed by atoms with van der Waals surface area (Å²) in [5.41, 5.74) is 8.41. The molecule has 4 fully saturated rings. The van der Waals surface area contributed by atoms with Crippen LogP contribution in [0.3, 0.4) is 0 Å². The van der Waals surface area contributed by atoms with Gasteiger partial charge in [0.1, 0.15) is 23.9 Å². The minimum Gasteiger partial charge on any atom is -0.385 e. The zero-order valence-electron chi connectivity index (χ0n) is 60.2. The fourth-order valence-corrected chi connectivity index (χ4v) is 15.5. The third-order valence-electron chi connectivity index (χ3n) is 22.0. The summed E-state index contributed by atoms with van der Waals surface area (Å²) in [7, 11) is 0. The Balaban J connectivity index is 0.000000600. The van der Waals surface area contributed by atoms with E-state index in [1.165, 1.54) is 63.4 Å². The standard InChI is InChI=1S/C61H106FN5O3.C18H28FNO/c1-11-13-21-51(39-58(69)25-17-15-14-16-20-49(7)64-56-23-19-36-66(44-56)43-53(28-27-50(8)68)40-63-48(6)12-2)22-18-24-57-33-26-45(3)41-67(57)42-46(4)34-35-61(9,10)59-47(5)37-54(60(70)65-59)38-52-29-31-55(62)32-30-52;1-5-18(3,4)16-12(2)10-14(17(21)20-16)11-13-6-8-15(19)9-7-13/h37,45,48,51-53,55-57,63-64H,4,7,11-36,38-44H2,1-3,5-6,8-10H3,(H,65,70);10,13,15H,5-9,11H2,1-4H3,(H,20,21)/t45-,48+,51+,52?,53?,55?,56?,57?;/m0./s1. The quantitative estimate of drug-likeness (QED) is 0.0385. The number of halogens is 2. The van der Waals surface area contributed by atoms with E-state index >= 15 is 0 Å². The number of unbranched alkanes of at least 4 members (excludes halogenated alkanes) is 4. The monoisotopic (exact) mass is 1270 g/mol. The molecule has 4 N–H and O–H groups in total. The summed E-state index contributed by atoms with van der Waals surface area (Å²) in [6.07, 6.45) is 30.8. The van der Waals surface area contributed by atoms with Gasteiger partial charge in [0.2, 0.25) is 0 Å². The first kappa shape index (κ1) is 78.0. The second-order valence-electron chi connectivity index (χ2n) is 31.4. The molecule has 4 heterocycles. The summed E-state index contributed by atoms with van der Waals surface area (Å²) in [5.74, 6) is 3.30. The number of nitrogens with zero attached hydrogens (tertiary/aromatic N) is 2. The molecule has 0 amide bonds. The van der Waals surface area contributed by atoms with Crippen molar-refractivity contribution in [2.45, 2.75) is 336 Å². The van der Waals surface area contributed by atoms with Crippen LogP contribution in [0.15, 0.2) is 46.1 Å². The molecule has 2 aliphatic carbocycles. The van der Waals surface area contributed by atoms with E-state index in [-0.39, 0.29) is 27.7 Å². The molecule has 6 rings (SSSR count). The molecule has 91 heavy (non-hydrogen) atoms. The number of carbonyl (C=O) groups is 2. The molecule has 4 aliphatic rings. The number of Topliss-reactive ketones (excluding diaryl/α,β-unsaturated/α-hetero) is 2. The zero-order chi connectivity index (χ0) is 66.7. The second-order valence-corrected chi connectivity index (χ2v) is 31.4. The molecule has 0 aromatic carbocycles. The molecule has 6 atom stereocenters. The number of piperidine rings is 2. The number of ketones is 2. The van der Waals surface area contributed by atoms with E-state index in [0.29, 0.717) is 85.6 Å². The van der Waals surface area contributed by atoms with Gasteiger partial charge in [0.25, 0.3) is 11.1 Å². The van der Waals surface area contributed by atoms with Crippen molar-refractivity contribution >= 4 is 11.6 Å². The highest BCUT2D eigenvalue weighted by molar-refractivity contribution is 5.78. The van der Waals surface area contributed by atoms with Crippen LogP contribution < -0.4 is 21.8 Å². The smallest absolute Gasteiger partial charge is 0.251 e. The molecule has 2 aromatic rings. The van der Waals surface area contributed by atoms with Crippen LogP contribution >= 0.6 is 0 Å². The number of allylic oxidation sites excluding steroid dienone is 1. The van der Waals surface area contributed by atoms with Crippen molar-refractivity contribution in [2.24, 2.45) is 29.6 Å². The number of hydrogen-bond donors (Lipinski definition) is 4. The molecular weight excluding hydrogens is 1130 g/mol.